The standard InChI is InChI=1S/C18H16N4O2S/c1-10-7-11(2)21-18(20-10)25-15-9-16(23)22(17(15)24)13-4-3-12-5-6-19-14(12)8-13/h3-8,15,19H,9H2,1-2H3. The molecule has 3 heterocycles. The van der Waals surface area contributed by atoms with E-state index in [1.165, 1.54) is 16.7 Å². The molecule has 1 saturated heterocycles. The molecule has 0 saturated carbocycles. The number of fused-ring (bicyclic) bond motifs is 1. The van der Waals surface area contributed by atoms with Crippen molar-refractivity contribution in [3.05, 3.63) is 47.9 Å². The van der Waals surface area contributed by atoms with E-state index in [4.69, 9.17) is 0 Å². The van der Waals surface area contributed by atoms with Gasteiger partial charge in [0.15, 0.2) is 5.16 Å². The molecule has 2 amide bonds. The number of hydrogen-bond donors (Lipinski definition) is 1. The third-order valence-corrected chi connectivity index (χ3v) is 5.16. The Morgan fingerprint density at radius 1 is 1.12 bits per heavy atom. The summed E-state index contributed by atoms with van der Waals surface area (Å²) in [7, 11) is 0. The van der Waals surface area contributed by atoms with Gasteiger partial charge in [-0.05, 0) is 43.5 Å². The fraction of sp³-hybridized carbons (Fsp3) is 0.222. The van der Waals surface area contributed by atoms with Crippen LogP contribution in [0, 0.1) is 13.8 Å². The molecule has 1 unspecified atom stereocenters. The number of rotatable bonds is 3. The monoisotopic (exact) mass is 352 g/mol. The topological polar surface area (TPSA) is 79.0 Å². The highest BCUT2D eigenvalue weighted by atomic mass is 32.2. The smallest absolute Gasteiger partial charge is 0.247 e. The van der Waals surface area contributed by atoms with Crippen LogP contribution < -0.4 is 4.90 Å². The van der Waals surface area contributed by atoms with Crippen molar-refractivity contribution in [1.29, 1.82) is 0 Å². The number of imide groups is 1. The van der Waals surface area contributed by atoms with Gasteiger partial charge >= 0.3 is 0 Å². The van der Waals surface area contributed by atoms with Crippen LogP contribution in [0.25, 0.3) is 10.9 Å². The van der Waals surface area contributed by atoms with Crippen LogP contribution in [0.5, 0.6) is 0 Å². The minimum absolute atomic E-state index is 0.155. The van der Waals surface area contributed by atoms with E-state index in [1.54, 1.807) is 6.07 Å². The largest absolute Gasteiger partial charge is 0.361 e. The predicted octanol–water partition coefficient (Wildman–Crippen LogP) is 3.00. The van der Waals surface area contributed by atoms with Crippen LogP contribution >= 0.6 is 11.8 Å². The normalized spacial score (nSPS) is 17.7. The van der Waals surface area contributed by atoms with Gasteiger partial charge in [0.05, 0.1) is 5.69 Å². The summed E-state index contributed by atoms with van der Waals surface area (Å²) in [4.78, 5) is 38.3. The lowest BCUT2D eigenvalue weighted by atomic mass is 10.2. The number of thioether (sulfide) groups is 1. The molecule has 0 bridgehead atoms. The van der Waals surface area contributed by atoms with E-state index in [-0.39, 0.29) is 18.2 Å². The molecule has 4 rings (SSSR count). The predicted molar refractivity (Wildman–Crippen MR) is 96.6 cm³/mol. The van der Waals surface area contributed by atoms with Crippen molar-refractivity contribution in [2.75, 3.05) is 4.90 Å². The Morgan fingerprint density at radius 3 is 2.64 bits per heavy atom. The molecule has 1 N–H and O–H groups in total. The Labute approximate surface area is 148 Å². The molecular formula is C18H16N4O2S. The van der Waals surface area contributed by atoms with E-state index in [1.807, 2.05) is 44.3 Å². The van der Waals surface area contributed by atoms with Crippen LogP contribution in [0.4, 0.5) is 5.69 Å². The molecule has 0 radical (unpaired) electrons. The first-order chi connectivity index (χ1) is 12.0. The van der Waals surface area contributed by atoms with Crippen molar-refractivity contribution >= 4 is 40.2 Å². The third-order valence-electron chi connectivity index (χ3n) is 4.11. The van der Waals surface area contributed by atoms with Gasteiger partial charge in [0.2, 0.25) is 11.8 Å². The molecule has 6 nitrogen and oxygen atoms in total. The van der Waals surface area contributed by atoms with Crippen molar-refractivity contribution in [1.82, 2.24) is 15.0 Å². The van der Waals surface area contributed by atoms with Crippen LogP contribution in [0.2, 0.25) is 0 Å². The van der Waals surface area contributed by atoms with Crippen LogP contribution in [-0.2, 0) is 9.59 Å². The Morgan fingerprint density at radius 2 is 1.88 bits per heavy atom. The maximum Gasteiger partial charge on any atom is 0.247 e. The highest BCUT2D eigenvalue weighted by molar-refractivity contribution is 8.00. The van der Waals surface area contributed by atoms with E-state index in [0.29, 0.717) is 10.8 Å². The summed E-state index contributed by atoms with van der Waals surface area (Å²) in [6, 6.07) is 9.35. The first kappa shape index (κ1) is 15.8. The summed E-state index contributed by atoms with van der Waals surface area (Å²) < 4.78 is 0. The summed E-state index contributed by atoms with van der Waals surface area (Å²) in [5.74, 6) is -0.415. The minimum atomic E-state index is -0.493. The number of nitrogens with one attached hydrogen (secondary N) is 1. The summed E-state index contributed by atoms with van der Waals surface area (Å²) in [5.41, 5.74) is 3.18. The second-order valence-corrected chi connectivity index (χ2v) is 7.23. The molecule has 3 aromatic rings. The van der Waals surface area contributed by atoms with Gasteiger partial charge in [-0.25, -0.2) is 14.9 Å². The highest BCUT2D eigenvalue weighted by Crippen LogP contribution is 2.33. The molecular weight excluding hydrogens is 336 g/mol. The van der Waals surface area contributed by atoms with Gasteiger partial charge < -0.3 is 4.98 Å². The zero-order chi connectivity index (χ0) is 17.6. The molecule has 1 aliphatic heterocycles. The number of nitrogens with zero attached hydrogens (tertiary/aromatic N) is 3. The van der Waals surface area contributed by atoms with Crippen LogP contribution in [0.3, 0.4) is 0 Å². The Kier molecular flexibility index (Phi) is 3.80. The van der Waals surface area contributed by atoms with E-state index in [9.17, 15) is 9.59 Å². The van der Waals surface area contributed by atoms with Crippen LogP contribution in [0.15, 0.2) is 41.7 Å². The first-order valence-corrected chi connectivity index (χ1v) is 8.82. The minimum Gasteiger partial charge on any atom is -0.361 e. The number of amides is 2. The van der Waals surface area contributed by atoms with Crippen molar-refractivity contribution < 1.29 is 9.59 Å². The molecule has 0 aliphatic carbocycles. The van der Waals surface area contributed by atoms with E-state index in [0.717, 1.165) is 22.3 Å². The van der Waals surface area contributed by atoms with Crippen LogP contribution in [0.1, 0.15) is 17.8 Å². The number of aromatic amines is 1. The maximum absolute atomic E-state index is 12.8. The quantitative estimate of drug-likeness (QED) is 0.579. The third kappa shape index (κ3) is 2.91. The lowest BCUT2D eigenvalue weighted by molar-refractivity contribution is -0.121. The van der Waals surface area contributed by atoms with Gasteiger partial charge in [-0.15, -0.1) is 0 Å². The Hall–Kier alpha value is -2.67. The lowest BCUT2D eigenvalue weighted by Crippen LogP contribution is -2.31. The van der Waals surface area contributed by atoms with Crippen molar-refractivity contribution in [3.8, 4) is 0 Å². The van der Waals surface area contributed by atoms with Gasteiger partial charge in [0, 0.05) is 29.5 Å². The number of aryl methyl sites for hydroxylation is 2. The Bertz CT molecular complexity index is 977. The first-order valence-electron chi connectivity index (χ1n) is 7.94. The molecule has 126 valence electrons. The molecule has 1 atom stereocenters. The van der Waals surface area contributed by atoms with E-state index >= 15 is 0 Å². The number of carbonyl (C=O) groups is 2. The van der Waals surface area contributed by atoms with Gasteiger partial charge in [0.1, 0.15) is 5.25 Å². The fourth-order valence-electron chi connectivity index (χ4n) is 3.02. The summed E-state index contributed by atoms with van der Waals surface area (Å²) in [6.07, 6.45) is 1.99. The molecule has 1 aromatic carbocycles. The van der Waals surface area contributed by atoms with Crippen molar-refractivity contribution in [3.63, 3.8) is 0 Å². The molecule has 7 heteroatoms. The maximum atomic E-state index is 12.8. The number of hydrogen-bond acceptors (Lipinski definition) is 5. The average molecular weight is 352 g/mol. The molecule has 25 heavy (non-hydrogen) atoms. The summed E-state index contributed by atoms with van der Waals surface area (Å²) >= 11 is 1.25. The van der Waals surface area contributed by atoms with E-state index < -0.39 is 5.25 Å². The Balaban J connectivity index is 1.61. The molecule has 0 spiro atoms. The van der Waals surface area contributed by atoms with Gasteiger partial charge in [-0.2, -0.15) is 0 Å². The second-order valence-electron chi connectivity index (χ2n) is 6.06. The van der Waals surface area contributed by atoms with Crippen LogP contribution in [-0.4, -0.2) is 32.0 Å². The van der Waals surface area contributed by atoms with Gasteiger partial charge in [0.25, 0.3) is 0 Å². The second kappa shape index (κ2) is 6.00. The number of benzene rings is 1. The number of carbonyl (C=O) groups excluding carboxylic acids is 2. The lowest BCUT2D eigenvalue weighted by Gasteiger charge is -2.15. The zero-order valence-corrected chi connectivity index (χ0v) is 14.6. The zero-order valence-electron chi connectivity index (χ0n) is 13.8. The summed E-state index contributed by atoms with van der Waals surface area (Å²) in [5, 5.41) is 1.08. The molecule has 2 aromatic heterocycles. The SMILES string of the molecule is Cc1cc(C)nc(SC2CC(=O)N(c3ccc4cc[nH]c4c3)C2=O)n1. The fourth-order valence-corrected chi connectivity index (χ4v) is 4.10. The molecule has 1 fully saturated rings. The molecule has 1 aliphatic rings. The average Bonchev–Trinajstić information content (AvgIpc) is 3.10. The van der Waals surface area contributed by atoms with Crippen molar-refractivity contribution in [2.45, 2.75) is 30.7 Å². The van der Waals surface area contributed by atoms with Gasteiger partial charge in [-0.3, -0.25) is 9.59 Å². The highest BCUT2D eigenvalue weighted by Gasteiger charge is 2.40. The number of H-pyrrole nitrogens is 1. The number of anilines is 1. The van der Waals surface area contributed by atoms with Gasteiger partial charge in [-0.1, -0.05) is 17.8 Å². The number of aromatic nitrogens is 3. The van der Waals surface area contributed by atoms with E-state index in [2.05, 4.69) is 15.0 Å². The summed E-state index contributed by atoms with van der Waals surface area (Å²) in [6.45, 7) is 3.77. The van der Waals surface area contributed by atoms with Crippen molar-refractivity contribution in [2.24, 2.45) is 0 Å².